The van der Waals surface area contributed by atoms with Crippen molar-refractivity contribution in [3.05, 3.63) is 17.8 Å². The fourth-order valence-corrected chi connectivity index (χ4v) is 1.90. The Morgan fingerprint density at radius 2 is 2.39 bits per heavy atom. The largest absolute Gasteiger partial charge is 0.464 e. The summed E-state index contributed by atoms with van der Waals surface area (Å²) < 4.78 is 10.1. The van der Waals surface area contributed by atoms with Crippen LogP contribution in [0.2, 0.25) is 0 Å². The SMILES string of the molecule is COC(=O)c1ccc(N)c(NC2CCOC2C)n1. The minimum Gasteiger partial charge on any atom is -0.464 e. The van der Waals surface area contributed by atoms with Gasteiger partial charge in [0, 0.05) is 6.61 Å². The lowest BCUT2D eigenvalue weighted by Gasteiger charge is -2.18. The third kappa shape index (κ3) is 2.53. The maximum Gasteiger partial charge on any atom is 0.356 e. The molecule has 0 aliphatic carbocycles. The van der Waals surface area contributed by atoms with Crippen molar-refractivity contribution in [3.63, 3.8) is 0 Å². The van der Waals surface area contributed by atoms with Crippen molar-refractivity contribution < 1.29 is 14.3 Å². The molecule has 1 aliphatic heterocycles. The average Bonchev–Trinajstić information content (AvgIpc) is 2.77. The number of ether oxygens (including phenoxy) is 2. The van der Waals surface area contributed by atoms with Crippen LogP contribution in [0, 0.1) is 0 Å². The first-order valence-electron chi connectivity index (χ1n) is 5.85. The zero-order valence-electron chi connectivity index (χ0n) is 10.5. The number of nitrogens with one attached hydrogen (secondary N) is 1. The molecule has 3 N–H and O–H groups in total. The van der Waals surface area contributed by atoms with Crippen LogP contribution in [0.4, 0.5) is 11.5 Å². The quantitative estimate of drug-likeness (QED) is 0.780. The van der Waals surface area contributed by atoms with Gasteiger partial charge in [0.2, 0.25) is 0 Å². The lowest BCUT2D eigenvalue weighted by atomic mass is 10.1. The van der Waals surface area contributed by atoms with Crippen molar-refractivity contribution in [2.75, 3.05) is 24.8 Å². The molecule has 1 fully saturated rings. The van der Waals surface area contributed by atoms with Crippen molar-refractivity contribution in [3.8, 4) is 0 Å². The summed E-state index contributed by atoms with van der Waals surface area (Å²) in [5, 5.41) is 3.21. The second-order valence-corrected chi connectivity index (χ2v) is 4.24. The zero-order valence-corrected chi connectivity index (χ0v) is 10.5. The summed E-state index contributed by atoms with van der Waals surface area (Å²) in [7, 11) is 1.32. The number of carbonyl (C=O) groups is 1. The van der Waals surface area contributed by atoms with Gasteiger partial charge < -0.3 is 20.5 Å². The van der Waals surface area contributed by atoms with Gasteiger partial charge >= 0.3 is 5.97 Å². The topological polar surface area (TPSA) is 86.5 Å². The Balaban J connectivity index is 2.18. The van der Waals surface area contributed by atoms with E-state index >= 15 is 0 Å². The molecule has 6 heteroatoms. The molecule has 2 rings (SSSR count). The third-order valence-electron chi connectivity index (χ3n) is 3.02. The Labute approximate surface area is 105 Å². The van der Waals surface area contributed by atoms with E-state index in [1.54, 1.807) is 12.1 Å². The fraction of sp³-hybridized carbons (Fsp3) is 0.500. The van der Waals surface area contributed by atoms with Gasteiger partial charge in [0.15, 0.2) is 11.5 Å². The van der Waals surface area contributed by atoms with Gasteiger partial charge in [0.1, 0.15) is 0 Å². The fourth-order valence-electron chi connectivity index (χ4n) is 1.90. The van der Waals surface area contributed by atoms with Crippen LogP contribution in [0.1, 0.15) is 23.8 Å². The molecule has 2 heterocycles. The van der Waals surface area contributed by atoms with Crippen LogP contribution in [-0.2, 0) is 9.47 Å². The van der Waals surface area contributed by atoms with E-state index in [0.29, 0.717) is 11.5 Å². The van der Waals surface area contributed by atoms with Crippen LogP contribution < -0.4 is 11.1 Å². The first-order valence-corrected chi connectivity index (χ1v) is 5.85. The molecule has 6 nitrogen and oxygen atoms in total. The van der Waals surface area contributed by atoms with Crippen LogP contribution in [0.5, 0.6) is 0 Å². The lowest BCUT2D eigenvalue weighted by Crippen LogP contribution is -2.28. The van der Waals surface area contributed by atoms with Gasteiger partial charge in [0.05, 0.1) is 24.9 Å². The van der Waals surface area contributed by atoms with E-state index < -0.39 is 5.97 Å². The molecule has 2 unspecified atom stereocenters. The van der Waals surface area contributed by atoms with Crippen molar-refractivity contribution in [1.29, 1.82) is 0 Å². The molecule has 0 saturated carbocycles. The Bertz CT molecular complexity index is 450. The molecular formula is C12H17N3O3. The highest BCUT2D eigenvalue weighted by Gasteiger charge is 2.25. The van der Waals surface area contributed by atoms with Crippen molar-refractivity contribution >= 4 is 17.5 Å². The summed E-state index contributed by atoms with van der Waals surface area (Å²) in [4.78, 5) is 15.6. The molecule has 1 saturated heterocycles. The second kappa shape index (κ2) is 5.22. The Morgan fingerprint density at radius 1 is 1.61 bits per heavy atom. The molecule has 2 atom stereocenters. The van der Waals surface area contributed by atoms with E-state index in [1.807, 2.05) is 6.92 Å². The standard InChI is InChI=1S/C12H17N3O3/c1-7-9(5-6-18-7)14-11-8(13)3-4-10(15-11)12(16)17-2/h3-4,7,9H,5-6,13H2,1-2H3,(H,14,15). The molecule has 0 spiro atoms. The van der Waals surface area contributed by atoms with Crippen molar-refractivity contribution in [2.45, 2.75) is 25.5 Å². The van der Waals surface area contributed by atoms with Crippen LogP contribution in [0.3, 0.4) is 0 Å². The minimum absolute atomic E-state index is 0.105. The van der Waals surface area contributed by atoms with Crippen LogP contribution in [0.15, 0.2) is 12.1 Å². The summed E-state index contributed by atoms with van der Waals surface area (Å²) in [5.41, 5.74) is 6.58. The number of nitrogens with two attached hydrogens (primary N) is 1. The highest BCUT2D eigenvalue weighted by molar-refractivity contribution is 5.88. The highest BCUT2D eigenvalue weighted by Crippen LogP contribution is 2.22. The number of hydrogen-bond acceptors (Lipinski definition) is 6. The van der Waals surface area contributed by atoms with Gasteiger partial charge in [-0.1, -0.05) is 0 Å². The van der Waals surface area contributed by atoms with E-state index in [0.717, 1.165) is 13.0 Å². The number of aromatic nitrogens is 1. The van der Waals surface area contributed by atoms with Crippen LogP contribution in [0.25, 0.3) is 0 Å². The van der Waals surface area contributed by atoms with Crippen LogP contribution >= 0.6 is 0 Å². The Hall–Kier alpha value is -1.82. The molecule has 18 heavy (non-hydrogen) atoms. The molecular weight excluding hydrogens is 234 g/mol. The zero-order chi connectivity index (χ0) is 13.1. The van der Waals surface area contributed by atoms with Crippen molar-refractivity contribution in [1.82, 2.24) is 4.98 Å². The number of rotatable bonds is 3. The average molecular weight is 251 g/mol. The maximum atomic E-state index is 11.4. The summed E-state index contributed by atoms with van der Waals surface area (Å²) in [5.74, 6) is 0.0222. The molecule has 0 aromatic carbocycles. The summed E-state index contributed by atoms with van der Waals surface area (Å²) >= 11 is 0. The molecule has 98 valence electrons. The smallest absolute Gasteiger partial charge is 0.356 e. The number of anilines is 2. The highest BCUT2D eigenvalue weighted by atomic mass is 16.5. The van der Waals surface area contributed by atoms with Gasteiger partial charge in [-0.15, -0.1) is 0 Å². The number of nitrogens with zero attached hydrogens (tertiary/aromatic N) is 1. The Morgan fingerprint density at radius 3 is 3.00 bits per heavy atom. The molecule has 1 aliphatic rings. The van der Waals surface area contributed by atoms with E-state index in [2.05, 4.69) is 15.0 Å². The molecule has 0 bridgehead atoms. The molecule has 1 aromatic heterocycles. The van der Waals surface area contributed by atoms with E-state index in [-0.39, 0.29) is 17.8 Å². The number of pyridine rings is 1. The van der Waals surface area contributed by atoms with Gasteiger partial charge in [-0.25, -0.2) is 9.78 Å². The third-order valence-corrected chi connectivity index (χ3v) is 3.02. The van der Waals surface area contributed by atoms with Gasteiger partial charge in [-0.2, -0.15) is 0 Å². The monoisotopic (exact) mass is 251 g/mol. The molecule has 1 aromatic rings. The van der Waals surface area contributed by atoms with Crippen LogP contribution in [-0.4, -0.2) is 36.8 Å². The number of nitrogen functional groups attached to an aromatic ring is 1. The van der Waals surface area contributed by atoms with E-state index in [1.165, 1.54) is 7.11 Å². The van der Waals surface area contributed by atoms with Gasteiger partial charge in [-0.05, 0) is 25.5 Å². The first-order chi connectivity index (χ1) is 8.61. The molecule has 0 amide bonds. The number of esters is 1. The van der Waals surface area contributed by atoms with E-state index in [9.17, 15) is 4.79 Å². The first kappa shape index (κ1) is 12.6. The normalized spacial score (nSPS) is 22.8. The predicted octanol–water partition coefficient (Wildman–Crippen LogP) is 1.04. The number of methoxy groups -OCH3 is 1. The second-order valence-electron chi connectivity index (χ2n) is 4.24. The minimum atomic E-state index is -0.478. The summed E-state index contributed by atoms with van der Waals surface area (Å²) in [6.07, 6.45) is 0.998. The van der Waals surface area contributed by atoms with Gasteiger partial charge in [0.25, 0.3) is 0 Å². The molecule has 0 radical (unpaired) electrons. The lowest BCUT2D eigenvalue weighted by molar-refractivity contribution is 0.0594. The van der Waals surface area contributed by atoms with Crippen molar-refractivity contribution in [2.24, 2.45) is 0 Å². The summed E-state index contributed by atoms with van der Waals surface area (Å²) in [6.45, 7) is 2.71. The Kier molecular flexibility index (Phi) is 3.66. The number of carbonyl (C=O) groups excluding carboxylic acids is 1. The summed E-state index contributed by atoms with van der Waals surface area (Å²) in [6, 6.07) is 3.34. The maximum absolute atomic E-state index is 11.4. The van der Waals surface area contributed by atoms with E-state index in [4.69, 9.17) is 10.5 Å². The van der Waals surface area contributed by atoms with Gasteiger partial charge in [-0.3, -0.25) is 0 Å². The predicted molar refractivity (Wildman–Crippen MR) is 67.4 cm³/mol. The number of hydrogen-bond donors (Lipinski definition) is 2.